The lowest BCUT2D eigenvalue weighted by Crippen LogP contribution is -1.96. The number of carboxylic acids is 1. The Hall–Kier alpha value is -2.00. The van der Waals surface area contributed by atoms with Crippen LogP contribution < -0.4 is 0 Å². The highest BCUT2D eigenvalue weighted by atomic mass is 16.4. The topological polar surface area (TPSA) is 86.1 Å². The molecule has 0 saturated heterocycles. The third-order valence-electron chi connectivity index (χ3n) is 1.54. The van der Waals surface area contributed by atoms with Gasteiger partial charge in [-0.3, -0.25) is 0 Å². The van der Waals surface area contributed by atoms with E-state index in [4.69, 9.17) is 10.6 Å². The molecule has 0 unspecified atom stereocenters. The summed E-state index contributed by atoms with van der Waals surface area (Å²) in [5.41, 5.74) is 9.20. The van der Waals surface area contributed by atoms with Crippen LogP contribution in [0.5, 0.6) is 0 Å². The fraction of sp³-hybridized carbons (Fsp3) is 0.125. The zero-order valence-corrected chi connectivity index (χ0v) is 6.93. The number of benzene rings is 1. The predicted octanol–water partition coefficient (Wildman–Crippen LogP) is 2.64. The number of aryl methyl sites for hydroxylation is 1. The molecule has 0 saturated carbocycles. The van der Waals surface area contributed by atoms with Gasteiger partial charge in [-0.15, -0.1) is 0 Å². The summed E-state index contributed by atoms with van der Waals surface area (Å²) < 4.78 is 0. The molecule has 5 nitrogen and oxygen atoms in total. The molecule has 0 atom stereocenters. The van der Waals surface area contributed by atoms with E-state index in [-0.39, 0.29) is 11.3 Å². The third kappa shape index (κ3) is 1.98. The largest absolute Gasteiger partial charge is 0.478 e. The molecule has 0 spiro atoms. The highest BCUT2D eigenvalue weighted by Crippen LogP contribution is 2.20. The van der Waals surface area contributed by atoms with E-state index in [1.807, 2.05) is 0 Å². The van der Waals surface area contributed by atoms with Crippen molar-refractivity contribution >= 4 is 11.7 Å². The Bertz CT molecular complexity index is 394. The minimum Gasteiger partial charge on any atom is -0.478 e. The number of azide groups is 1. The molecule has 0 aromatic heterocycles. The van der Waals surface area contributed by atoms with Gasteiger partial charge in [0.25, 0.3) is 0 Å². The van der Waals surface area contributed by atoms with Gasteiger partial charge in [-0.1, -0.05) is 16.7 Å². The fourth-order valence-electron chi connectivity index (χ4n) is 0.953. The van der Waals surface area contributed by atoms with Crippen LogP contribution in [0.25, 0.3) is 10.4 Å². The van der Waals surface area contributed by atoms with Crippen molar-refractivity contribution in [3.63, 3.8) is 0 Å². The van der Waals surface area contributed by atoms with Gasteiger partial charge in [0.15, 0.2) is 0 Å². The van der Waals surface area contributed by atoms with Crippen LogP contribution in [0, 0.1) is 6.92 Å². The lowest BCUT2D eigenvalue weighted by Gasteiger charge is -1.99. The Balaban J connectivity index is 3.34. The zero-order chi connectivity index (χ0) is 9.84. The number of aromatic carboxylic acids is 1. The van der Waals surface area contributed by atoms with Crippen molar-refractivity contribution in [1.82, 2.24) is 0 Å². The maximum absolute atomic E-state index is 10.6. The molecule has 66 valence electrons. The van der Waals surface area contributed by atoms with Crippen LogP contribution in [0.4, 0.5) is 5.69 Å². The van der Waals surface area contributed by atoms with Gasteiger partial charge >= 0.3 is 5.97 Å². The lowest BCUT2D eigenvalue weighted by atomic mass is 10.1. The van der Waals surface area contributed by atoms with E-state index in [2.05, 4.69) is 10.0 Å². The quantitative estimate of drug-likeness (QED) is 0.427. The van der Waals surface area contributed by atoms with Crippen LogP contribution in [0.2, 0.25) is 0 Å². The van der Waals surface area contributed by atoms with Gasteiger partial charge in [0.05, 0.1) is 11.3 Å². The molecule has 1 aromatic rings. The highest BCUT2D eigenvalue weighted by Gasteiger charge is 2.07. The molecule has 1 rings (SSSR count). The second-order valence-corrected chi connectivity index (χ2v) is 2.52. The average molecular weight is 177 g/mol. The summed E-state index contributed by atoms with van der Waals surface area (Å²) in [7, 11) is 0. The first-order valence-corrected chi connectivity index (χ1v) is 3.54. The molecule has 0 aliphatic heterocycles. The van der Waals surface area contributed by atoms with Gasteiger partial charge in [0, 0.05) is 4.91 Å². The molecule has 0 radical (unpaired) electrons. The Morgan fingerprint density at radius 3 is 2.85 bits per heavy atom. The SMILES string of the molecule is Cc1ccc(C(=O)O)c(N=[N+]=[N-])c1. The molecule has 5 heteroatoms. The molecule has 0 aliphatic carbocycles. The lowest BCUT2D eigenvalue weighted by molar-refractivity contribution is 0.0698. The molecule has 0 amide bonds. The fourth-order valence-corrected chi connectivity index (χ4v) is 0.953. The number of carboxylic acid groups (broad SMARTS) is 1. The summed E-state index contributed by atoms with van der Waals surface area (Å²) in [6.07, 6.45) is 0. The second-order valence-electron chi connectivity index (χ2n) is 2.52. The van der Waals surface area contributed by atoms with Gasteiger partial charge in [0.1, 0.15) is 0 Å². The van der Waals surface area contributed by atoms with E-state index < -0.39 is 5.97 Å². The highest BCUT2D eigenvalue weighted by molar-refractivity contribution is 5.93. The molecular formula is C8H7N3O2. The second kappa shape index (κ2) is 3.60. The van der Waals surface area contributed by atoms with Crippen molar-refractivity contribution in [2.75, 3.05) is 0 Å². The Morgan fingerprint density at radius 1 is 1.62 bits per heavy atom. The number of rotatable bonds is 2. The monoisotopic (exact) mass is 177 g/mol. The minimum atomic E-state index is -1.09. The van der Waals surface area contributed by atoms with Crippen molar-refractivity contribution in [2.24, 2.45) is 5.11 Å². The van der Waals surface area contributed by atoms with Gasteiger partial charge in [-0.2, -0.15) is 0 Å². The molecular weight excluding hydrogens is 170 g/mol. The zero-order valence-electron chi connectivity index (χ0n) is 6.93. The summed E-state index contributed by atoms with van der Waals surface area (Å²) in [6, 6.07) is 4.60. The predicted molar refractivity (Wildman–Crippen MR) is 46.9 cm³/mol. The van der Waals surface area contributed by atoms with Crippen LogP contribution in [0.3, 0.4) is 0 Å². The third-order valence-corrected chi connectivity index (χ3v) is 1.54. The first-order chi connectivity index (χ1) is 6.15. The van der Waals surface area contributed by atoms with E-state index in [1.165, 1.54) is 12.1 Å². The first-order valence-electron chi connectivity index (χ1n) is 3.54. The average Bonchev–Trinajstić information content (AvgIpc) is 2.04. The van der Waals surface area contributed by atoms with Gasteiger partial charge in [0.2, 0.25) is 0 Å². The number of hydrogen-bond donors (Lipinski definition) is 1. The van der Waals surface area contributed by atoms with Crippen LogP contribution in [0.15, 0.2) is 23.3 Å². The van der Waals surface area contributed by atoms with Gasteiger partial charge in [-0.05, 0) is 24.6 Å². The number of hydrogen-bond acceptors (Lipinski definition) is 2. The Labute approximate surface area is 74.3 Å². The van der Waals surface area contributed by atoms with E-state index in [9.17, 15) is 4.79 Å². The van der Waals surface area contributed by atoms with Crippen molar-refractivity contribution in [3.05, 3.63) is 39.8 Å². The van der Waals surface area contributed by atoms with Crippen LogP contribution in [-0.2, 0) is 0 Å². The normalized spacial score (nSPS) is 9.00. The molecule has 0 fully saturated rings. The summed E-state index contributed by atoms with van der Waals surface area (Å²) in [5, 5.41) is 12.0. The standard InChI is InChI=1S/C8H7N3O2/c1-5-2-3-6(8(12)13)7(4-5)10-11-9/h2-4H,1H3,(H,12,13). The van der Waals surface area contributed by atoms with E-state index in [0.29, 0.717) is 0 Å². The molecule has 0 bridgehead atoms. The van der Waals surface area contributed by atoms with Crippen molar-refractivity contribution in [3.8, 4) is 0 Å². The molecule has 13 heavy (non-hydrogen) atoms. The van der Waals surface area contributed by atoms with Gasteiger partial charge < -0.3 is 5.11 Å². The van der Waals surface area contributed by atoms with Crippen LogP contribution >= 0.6 is 0 Å². The molecule has 1 N–H and O–H groups in total. The molecule has 1 aromatic carbocycles. The summed E-state index contributed by atoms with van der Waals surface area (Å²) in [5.74, 6) is -1.09. The van der Waals surface area contributed by atoms with Crippen molar-refractivity contribution in [2.45, 2.75) is 6.92 Å². The van der Waals surface area contributed by atoms with E-state index in [0.717, 1.165) is 5.56 Å². The number of nitrogens with zero attached hydrogens (tertiary/aromatic N) is 3. The van der Waals surface area contributed by atoms with E-state index in [1.54, 1.807) is 13.0 Å². The van der Waals surface area contributed by atoms with Crippen molar-refractivity contribution < 1.29 is 9.90 Å². The molecule has 0 aliphatic rings. The first kappa shape index (κ1) is 9.09. The minimum absolute atomic E-state index is 0.0170. The maximum Gasteiger partial charge on any atom is 0.336 e. The van der Waals surface area contributed by atoms with E-state index >= 15 is 0 Å². The van der Waals surface area contributed by atoms with Crippen LogP contribution in [-0.4, -0.2) is 11.1 Å². The number of carbonyl (C=O) groups is 1. The molecule has 0 heterocycles. The summed E-state index contributed by atoms with van der Waals surface area (Å²) >= 11 is 0. The summed E-state index contributed by atoms with van der Waals surface area (Å²) in [6.45, 7) is 1.79. The van der Waals surface area contributed by atoms with Gasteiger partial charge in [-0.25, -0.2) is 4.79 Å². The maximum atomic E-state index is 10.6. The Kier molecular flexibility index (Phi) is 2.52. The Morgan fingerprint density at radius 2 is 2.31 bits per heavy atom. The summed E-state index contributed by atoms with van der Waals surface area (Å²) in [4.78, 5) is 13.2. The van der Waals surface area contributed by atoms with Crippen LogP contribution in [0.1, 0.15) is 15.9 Å². The van der Waals surface area contributed by atoms with Crippen molar-refractivity contribution in [1.29, 1.82) is 0 Å². The smallest absolute Gasteiger partial charge is 0.336 e.